The van der Waals surface area contributed by atoms with E-state index >= 15 is 0 Å². The lowest BCUT2D eigenvalue weighted by Crippen LogP contribution is -2.41. The van der Waals surface area contributed by atoms with E-state index in [0.717, 1.165) is 12.8 Å². The molecule has 0 unspecified atom stereocenters. The Morgan fingerprint density at radius 2 is 1.97 bits per heavy atom. The number of ether oxygens (including phenoxy) is 2. The zero-order valence-corrected chi connectivity index (χ0v) is 16.5. The molecule has 2 aliphatic rings. The van der Waals surface area contributed by atoms with Crippen molar-refractivity contribution in [1.29, 1.82) is 0 Å². The van der Waals surface area contributed by atoms with E-state index < -0.39 is 6.10 Å². The normalized spacial score (nSPS) is 22.2. The first-order valence-corrected chi connectivity index (χ1v) is 10.2. The van der Waals surface area contributed by atoms with Crippen LogP contribution in [0.1, 0.15) is 42.6 Å². The molecule has 3 amide bonds. The summed E-state index contributed by atoms with van der Waals surface area (Å²) in [4.78, 5) is 43.1. The maximum Gasteiger partial charge on any atom is 0.273 e. The smallest absolute Gasteiger partial charge is 0.273 e. The van der Waals surface area contributed by atoms with E-state index in [1.54, 1.807) is 17.0 Å². The molecule has 3 rings (SSSR count). The SMILES string of the molecule is O=C1CCCN(C(=O)[C@@H]2CCCO2)CCCNC(=O)c2ncccc2OCCN1. The van der Waals surface area contributed by atoms with E-state index in [4.69, 9.17) is 9.47 Å². The Hall–Kier alpha value is -2.68. The summed E-state index contributed by atoms with van der Waals surface area (Å²) < 4.78 is 11.1. The van der Waals surface area contributed by atoms with Crippen LogP contribution >= 0.6 is 0 Å². The van der Waals surface area contributed by atoms with Crippen LogP contribution in [0, 0.1) is 0 Å². The predicted molar refractivity (Wildman–Crippen MR) is 104 cm³/mol. The highest BCUT2D eigenvalue weighted by atomic mass is 16.5. The number of fused-ring (bicyclic) bond motifs is 1. The summed E-state index contributed by atoms with van der Waals surface area (Å²) in [6, 6.07) is 3.37. The minimum Gasteiger partial charge on any atom is -0.489 e. The van der Waals surface area contributed by atoms with E-state index in [9.17, 15) is 14.4 Å². The average molecular weight is 404 g/mol. The highest BCUT2D eigenvalue weighted by Crippen LogP contribution is 2.16. The van der Waals surface area contributed by atoms with Gasteiger partial charge in [-0.3, -0.25) is 14.4 Å². The number of amides is 3. The summed E-state index contributed by atoms with van der Waals surface area (Å²) in [5.41, 5.74) is 0.207. The second-order valence-corrected chi connectivity index (χ2v) is 7.09. The molecule has 3 heterocycles. The van der Waals surface area contributed by atoms with E-state index in [0.29, 0.717) is 57.8 Å². The quantitative estimate of drug-likeness (QED) is 0.705. The van der Waals surface area contributed by atoms with Gasteiger partial charge in [-0.2, -0.15) is 0 Å². The molecule has 1 saturated heterocycles. The summed E-state index contributed by atoms with van der Waals surface area (Å²) in [7, 11) is 0. The van der Waals surface area contributed by atoms with Crippen molar-refractivity contribution in [3.05, 3.63) is 24.0 Å². The molecule has 1 fully saturated rings. The van der Waals surface area contributed by atoms with Crippen LogP contribution in [-0.2, 0) is 14.3 Å². The third-order valence-corrected chi connectivity index (χ3v) is 4.91. The monoisotopic (exact) mass is 404 g/mol. The zero-order chi connectivity index (χ0) is 20.5. The zero-order valence-electron chi connectivity index (χ0n) is 16.5. The molecule has 9 heteroatoms. The van der Waals surface area contributed by atoms with Gasteiger partial charge < -0.3 is 25.0 Å². The molecule has 2 aliphatic heterocycles. The number of pyridine rings is 1. The highest BCUT2D eigenvalue weighted by Gasteiger charge is 2.28. The number of nitrogens with zero attached hydrogens (tertiary/aromatic N) is 2. The largest absolute Gasteiger partial charge is 0.489 e. The molecule has 0 saturated carbocycles. The van der Waals surface area contributed by atoms with Crippen molar-refractivity contribution in [2.75, 3.05) is 39.4 Å². The van der Waals surface area contributed by atoms with Crippen molar-refractivity contribution in [1.82, 2.24) is 20.5 Å². The lowest BCUT2D eigenvalue weighted by molar-refractivity contribution is -0.141. The second kappa shape index (κ2) is 10.8. The fourth-order valence-electron chi connectivity index (χ4n) is 3.41. The third kappa shape index (κ3) is 6.15. The van der Waals surface area contributed by atoms with Gasteiger partial charge in [-0.05, 0) is 37.8 Å². The average Bonchev–Trinajstić information content (AvgIpc) is 3.27. The van der Waals surface area contributed by atoms with Crippen LogP contribution in [0.3, 0.4) is 0 Å². The maximum atomic E-state index is 12.7. The molecular formula is C20H28N4O5. The number of hydrogen-bond donors (Lipinski definition) is 2. The molecule has 2 N–H and O–H groups in total. The maximum absolute atomic E-state index is 12.7. The van der Waals surface area contributed by atoms with Crippen LogP contribution in [0.2, 0.25) is 0 Å². The van der Waals surface area contributed by atoms with Gasteiger partial charge in [-0.25, -0.2) is 4.98 Å². The Kier molecular flexibility index (Phi) is 7.80. The molecule has 0 aliphatic carbocycles. The van der Waals surface area contributed by atoms with Crippen LogP contribution in [0.25, 0.3) is 0 Å². The van der Waals surface area contributed by atoms with Gasteiger partial charge in [0.1, 0.15) is 12.7 Å². The van der Waals surface area contributed by atoms with E-state index in [1.165, 1.54) is 6.20 Å². The molecule has 1 atom stereocenters. The summed E-state index contributed by atoms with van der Waals surface area (Å²) in [5, 5.41) is 5.63. The molecule has 1 aromatic rings. The molecule has 0 radical (unpaired) electrons. The van der Waals surface area contributed by atoms with Crippen LogP contribution in [0.15, 0.2) is 18.3 Å². The van der Waals surface area contributed by atoms with Crippen molar-refractivity contribution in [3.8, 4) is 5.75 Å². The molecule has 0 aromatic carbocycles. The first-order valence-electron chi connectivity index (χ1n) is 10.2. The first kappa shape index (κ1) is 21.0. The number of rotatable bonds is 1. The van der Waals surface area contributed by atoms with Crippen LogP contribution in [0.4, 0.5) is 0 Å². The van der Waals surface area contributed by atoms with Gasteiger partial charge >= 0.3 is 0 Å². The van der Waals surface area contributed by atoms with Gasteiger partial charge in [-0.15, -0.1) is 0 Å². The lowest BCUT2D eigenvalue weighted by atomic mass is 10.2. The molecule has 158 valence electrons. The van der Waals surface area contributed by atoms with Gasteiger partial charge in [0.2, 0.25) is 5.91 Å². The standard InChI is InChI=1S/C20H28N4O5/c25-17-7-2-11-24(20(27)16-6-3-13-28-16)12-4-9-23-19(26)18-15(5-1-8-22-18)29-14-10-21-17/h1,5,8,16H,2-4,6-7,9-14H2,(H,21,25)(H,23,26)/t16-/m0/s1. The van der Waals surface area contributed by atoms with Gasteiger partial charge in [-0.1, -0.05) is 0 Å². The second-order valence-electron chi connectivity index (χ2n) is 7.09. The predicted octanol–water partition coefficient (Wildman–Crippen LogP) is 0.498. The minimum absolute atomic E-state index is 0.0317. The Balaban J connectivity index is 1.65. The molecule has 0 bridgehead atoms. The van der Waals surface area contributed by atoms with Crippen molar-refractivity contribution in [2.45, 2.75) is 38.2 Å². The van der Waals surface area contributed by atoms with Crippen molar-refractivity contribution >= 4 is 17.7 Å². The highest BCUT2D eigenvalue weighted by molar-refractivity contribution is 5.94. The third-order valence-electron chi connectivity index (χ3n) is 4.91. The lowest BCUT2D eigenvalue weighted by Gasteiger charge is -2.25. The molecule has 0 spiro atoms. The van der Waals surface area contributed by atoms with Gasteiger partial charge in [0.25, 0.3) is 11.8 Å². The van der Waals surface area contributed by atoms with Gasteiger partial charge in [0, 0.05) is 38.9 Å². The molecular weight excluding hydrogens is 376 g/mol. The summed E-state index contributed by atoms with van der Waals surface area (Å²) in [5.74, 6) is -0.0691. The van der Waals surface area contributed by atoms with Gasteiger partial charge in [0.15, 0.2) is 11.4 Å². The Bertz CT molecular complexity index is 721. The number of hydrogen-bond acceptors (Lipinski definition) is 6. The Morgan fingerprint density at radius 3 is 2.79 bits per heavy atom. The fraction of sp³-hybridized carbons (Fsp3) is 0.600. The Labute approximate surface area is 170 Å². The molecule has 29 heavy (non-hydrogen) atoms. The molecule has 1 aromatic heterocycles. The van der Waals surface area contributed by atoms with E-state index in [1.807, 2.05) is 0 Å². The first-order chi connectivity index (χ1) is 14.1. The van der Waals surface area contributed by atoms with Gasteiger partial charge in [0.05, 0.1) is 6.54 Å². The topological polar surface area (TPSA) is 110 Å². The van der Waals surface area contributed by atoms with Crippen molar-refractivity contribution < 1.29 is 23.9 Å². The van der Waals surface area contributed by atoms with Crippen LogP contribution in [-0.4, -0.2) is 73.1 Å². The van der Waals surface area contributed by atoms with E-state index in [2.05, 4.69) is 15.6 Å². The Morgan fingerprint density at radius 1 is 1.10 bits per heavy atom. The summed E-state index contributed by atoms with van der Waals surface area (Å²) in [6.45, 7) is 2.56. The number of carbonyl (C=O) groups is 3. The van der Waals surface area contributed by atoms with Crippen LogP contribution < -0.4 is 15.4 Å². The van der Waals surface area contributed by atoms with E-state index in [-0.39, 0.29) is 30.0 Å². The van der Waals surface area contributed by atoms with Crippen molar-refractivity contribution in [2.24, 2.45) is 0 Å². The molecule has 9 nitrogen and oxygen atoms in total. The minimum atomic E-state index is -0.391. The number of aromatic nitrogens is 1. The number of carbonyl (C=O) groups excluding carboxylic acids is 3. The number of nitrogens with one attached hydrogen (secondary N) is 2. The van der Waals surface area contributed by atoms with Crippen molar-refractivity contribution in [3.63, 3.8) is 0 Å². The fourth-order valence-corrected chi connectivity index (χ4v) is 3.41. The van der Waals surface area contributed by atoms with Crippen LogP contribution in [0.5, 0.6) is 5.75 Å². The summed E-state index contributed by atoms with van der Waals surface area (Å²) >= 11 is 0. The summed E-state index contributed by atoms with van der Waals surface area (Å²) in [6.07, 6.45) is 4.27.